The minimum Gasteiger partial charge on any atom is -0.359 e. The van der Waals surface area contributed by atoms with E-state index in [1.807, 2.05) is 6.92 Å². The highest BCUT2D eigenvalue weighted by atomic mass is 19.4. The summed E-state index contributed by atoms with van der Waals surface area (Å²) in [6.07, 6.45) is -1.68. The second-order valence-corrected chi connectivity index (χ2v) is 5.45. The molecule has 3 nitrogen and oxygen atoms in total. The normalized spacial score (nSPS) is 13.5. The Labute approximate surface area is 124 Å². The van der Waals surface area contributed by atoms with Crippen molar-refractivity contribution in [3.63, 3.8) is 0 Å². The fraction of sp³-hybridized carbons (Fsp3) is 0.667. The number of rotatable bonds is 7. The summed E-state index contributed by atoms with van der Waals surface area (Å²) < 4.78 is 37.9. The molecule has 0 aliphatic carbocycles. The third-order valence-corrected chi connectivity index (χ3v) is 3.22. The fourth-order valence-electron chi connectivity index (χ4n) is 2.05. The van der Waals surface area contributed by atoms with Crippen molar-refractivity contribution in [2.45, 2.75) is 52.4 Å². The minimum atomic E-state index is -4.22. The lowest BCUT2D eigenvalue weighted by atomic mass is 10.2. The topological polar surface area (TPSA) is 28.2 Å². The van der Waals surface area contributed by atoms with E-state index >= 15 is 0 Å². The second-order valence-electron chi connectivity index (χ2n) is 5.45. The molecular formula is C15H24F3N3. The number of pyridine rings is 1. The third-order valence-electron chi connectivity index (χ3n) is 3.22. The van der Waals surface area contributed by atoms with Crippen LogP contribution >= 0.6 is 0 Å². The van der Waals surface area contributed by atoms with Gasteiger partial charge in [0, 0.05) is 12.1 Å². The van der Waals surface area contributed by atoms with Crippen LogP contribution in [0.2, 0.25) is 0 Å². The van der Waals surface area contributed by atoms with Crippen LogP contribution in [0.4, 0.5) is 18.9 Å². The summed E-state index contributed by atoms with van der Waals surface area (Å²) in [6, 6.07) is 3.34. The molecule has 6 heteroatoms. The maximum atomic E-state index is 12.6. The standard InChI is InChI=1S/C15H24F3N3/c1-5-8-19-12(4)14-7-6-13(9-20-14)21(11(2)3)10-15(16,17)18/h6-7,9,11-12,19H,5,8,10H2,1-4H3. The van der Waals surface area contributed by atoms with Gasteiger partial charge in [0.15, 0.2) is 0 Å². The van der Waals surface area contributed by atoms with Crippen molar-refractivity contribution in [3.05, 3.63) is 24.0 Å². The highest BCUT2D eigenvalue weighted by molar-refractivity contribution is 5.46. The summed E-state index contributed by atoms with van der Waals surface area (Å²) in [5.74, 6) is 0. The Bertz CT molecular complexity index is 415. The predicted molar refractivity (Wildman–Crippen MR) is 79.5 cm³/mol. The molecule has 1 aromatic heterocycles. The molecule has 120 valence electrons. The molecular weight excluding hydrogens is 279 g/mol. The van der Waals surface area contributed by atoms with Crippen LogP contribution in [0.1, 0.15) is 45.9 Å². The van der Waals surface area contributed by atoms with E-state index in [4.69, 9.17) is 0 Å². The van der Waals surface area contributed by atoms with Gasteiger partial charge in [-0.2, -0.15) is 13.2 Å². The molecule has 0 amide bonds. The Hall–Kier alpha value is -1.30. The van der Waals surface area contributed by atoms with Crippen molar-refractivity contribution in [2.24, 2.45) is 0 Å². The number of hydrogen-bond donors (Lipinski definition) is 1. The average Bonchev–Trinajstić information content (AvgIpc) is 2.41. The van der Waals surface area contributed by atoms with Crippen LogP contribution in [0, 0.1) is 0 Å². The molecule has 0 aliphatic rings. The number of hydrogen-bond acceptors (Lipinski definition) is 3. The first kappa shape index (κ1) is 17.8. The largest absolute Gasteiger partial charge is 0.405 e. The van der Waals surface area contributed by atoms with E-state index in [1.54, 1.807) is 26.0 Å². The Morgan fingerprint density at radius 1 is 1.24 bits per heavy atom. The Balaban J connectivity index is 2.83. The molecule has 0 radical (unpaired) electrons. The fourth-order valence-corrected chi connectivity index (χ4v) is 2.05. The smallest absolute Gasteiger partial charge is 0.359 e. The van der Waals surface area contributed by atoms with Crippen molar-refractivity contribution in [3.8, 4) is 0 Å². The SMILES string of the molecule is CCCNC(C)c1ccc(N(CC(F)(F)F)C(C)C)cn1. The van der Waals surface area contributed by atoms with Crippen LogP contribution < -0.4 is 10.2 Å². The van der Waals surface area contributed by atoms with E-state index < -0.39 is 12.7 Å². The van der Waals surface area contributed by atoms with E-state index in [0.717, 1.165) is 18.7 Å². The maximum Gasteiger partial charge on any atom is 0.405 e. The summed E-state index contributed by atoms with van der Waals surface area (Å²) in [7, 11) is 0. The summed E-state index contributed by atoms with van der Waals surface area (Å²) in [4.78, 5) is 5.60. The zero-order chi connectivity index (χ0) is 16.0. The van der Waals surface area contributed by atoms with E-state index in [0.29, 0.717) is 5.69 Å². The molecule has 1 aromatic rings. The van der Waals surface area contributed by atoms with Gasteiger partial charge in [-0.15, -0.1) is 0 Å². The number of alkyl halides is 3. The van der Waals surface area contributed by atoms with Crippen molar-refractivity contribution in [1.82, 2.24) is 10.3 Å². The zero-order valence-electron chi connectivity index (χ0n) is 13.0. The van der Waals surface area contributed by atoms with Crippen LogP contribution in [0.15, 0.2) is 18.3 Å². The van der Waals surface area contributed by atoms with Gasteiger partial charge in [0.05, 0.1) is 17.6 Å². The molecule has 1 atom stereocenters. The van der Waals surface area contributed by atoms with Gasteiger partial charge in [-0.3, -0.25) is 4.98 Å². The Kier molecular flexibility index (Phi) is 6.45. The summed E-state index contributed by atoms with van der Waals surface area (Å²) in [6.45, 7) is 7.48. The summed E-state index contributed by atoms with van der Waals surface area (Å²) in [5, 5.41) is 3.30. The molecule has 1 N–H and O–H groups in total. The van der Waals surface area contributed by atoms with E-state index in [9.17, 15) is 13.2 Å². The first-order chi connectivity index (χ1) is 9.74. The maximum absolute atomic E-state index is 12.6. The van der Waals surface area contributed by atoms with Gasteiger partial charge in [-0.25, -0.2) is 0 Å². The van der Waals surface area contributed by atoms with Crippen LogP contribution in [0.25, 0.3) is 0 Å². The molecule has 0 spiro atoms. The van der Waals surface area contributed by atoms with Gasteiger partial charge in [-0.1, -0.05) is 6.92 Å². The lowest BCUT2D eigenvalue weighted by Gasteiger charge is -2.29. The monoisotopic (exact) mass is 303 g/mol. The van der Waals surface area contributed by atoms with Crippen molar-refractivity contribution in [2.75, 3.05) is 18.0 Å². The molecule has 0 aromatic carbocycles. The van der Waals surface area contributed by atoms with Crippen LogP contribution in [-0.2, 0) is 0 Å². The highest BCUT2D eigenvalue weighted by Crippen LogP contribution is 2.24. The predicted octanol–water partition coefficient (Wildman–Crippen LogP) is 3.92. The second kappa shape index (κ2) is 7.64. The Morgan fingerprint density at radius 2 is 1.90 bits per heavy atom. The van der Waals surface area contributed by atoms with E-state index in [2.05, 4.69) is 17.2 Å². The lowest BCUT2D eigenvalue weighted by Crippen LogP contribution is -2.39. The van der Waals surface area contributed by atoms with E-state index in [-0.39, 0.29) is 12.1 Å². The van der Waals surface area contributed by atoms with Crippen molar-refractivity contribution < 1.29 is 13.2 Å². The molecule has 0 saturated carbocycles. The van der Waals surface area contributed by atoms with Gasteiger partial charge in [0.1, 0.15) is 6.54 Å². The number of nitrogens with zero attached hydrogens (tertiary/aromatic N) is 2. The van der Waals surface area contributed by atoms with E-state index in [1.165, 1.54) is 11.1 Å². The number of halogens is 3. The van der Waals surface area contributed by atoms with Crippen LogP contribution in [0.5, 0.6) is 0 Å². The van der Waals surface area contributed by atoms with Crippen molar-refractivity contribution in [1.29, 1.82) is 0 Å². The molecule has 21 heavy (non-hydrogen) atoms. The molecule has 1 unspecified atom stereocenters. The Morgan fingerprint density at radius 3 is 2.33 bits per heavy atom. The van der Waals surface area contributed by atoms with Crippen molar-refractivity contribution >= 4 is 5.69 Å². The molecule has 0 aliphatic heterocycles. The van der Waals surface area contributed by atoms with Gasteiger partial charge < -0.3 is 10.2 Å². The first-order valence-corrected chi connectivity index (χ1v) is 7.27. The summed E-state index contributed by atoms with van der Waals surface area (Å²) >= 11 is 0. The number of aromatic nitrogens is 1. The average molecular weight is 303 g/mol. The number of nitrogens with one attached hydrogen (secondary N) is 1. The third kappa shape index (κ3) is 5.91. The molecule has 1 rings (SSSR count). The van der Waals surface area contributed by atoms with Gasteiger partial charge >= 0.3 is 6.18 Å². The quantitative estimate of drug-likeness (QED) is 0.827. The summed E-state index contributed by atoms with van der Waals surface area (Å²) in [5.41, 5.74) is 1.33. The van der Waals surface area contributed by atoms with Gasteiger partial charge in [0.25, 0.3) is 0 Å². The molecule has 0 saturated heterocycles. The van der Waals surface area contributed by atoms with Crippen LogP contribution in [-0.4, -0.2) is 30.3 Å². The van der Waals surface area contributed by atoms with Crippen LogP contribution in [0.3, 0.4) is 0 Å². The molecule has 1 heterocycles. The van der Waals surface area contributed by atoms with Gasteiger partial charge in [0.2, 0.25) is 0 Å². The molecule has 0 bridgehead atoms. The van der Waals surface area contributed by atoms with Gasteiger partial charge in [-0.05, 0) is 45.9 Å². The first-order valence-electron chi connectivity index (χ1n) is 7.27. The molecule has 0 fully saturated rings. The zero-order valence-corrected chi connectivity index (χ0v) is 13.0. The number of anilines is 1. The minimum absolute atomic E-state index is 0.0918. The lowest BCUT2D eigenvalue weighted by molar-refractivity contribution is -0.120. The highest BCUT2D eigenvalue weighted by Gasteiger charge is 2.32.